The molecule has 2 heterocycles. The van der Waals surface area contributed by atoms with Crippen LogP contribution < -0.4 is 10.6 Å². The number of hydrogen-bond donors (Lipinski definition) is 3. The Morgan fingerprint density at radius 2 is 2.06 bits per heavy atom. The minimum absolute atomic E-state index is 0.175. The number of carbonyl (C=O) groups excluding carboxylic acids is 2. The van der Waals surface area contributed by atoms with Crippen LogP contribution in [0.25, 0.3) is 0 Å². The second-order valence-corrected chi connectivity index (χ2v) is 4.65. The van der Waals surface area contributed by atoms with Crippen LogP contribution in [0.4, 0.5) is 0 Å². The first-order chi connectivity index (χ1) is 8.53. The first-order valence-electron chi connectivity index (χ1n) is 5.96. The fraction of sp³-hybridized carbons (Fsp3) is 0.727. The van der Waals surface area contributed by atoms with Crippen molar-refractivity contribution in [2.45, 2.75) is 37.3 Å². The molecule has 18 heavy (non-hydrogen) atoms. The lowest BCUT2D eigenvalue weighted by Crippen LogP contribution is -2.60. The maximum atomic E-state index is 11.9. The van der Waals surface area contributed by atoms with Gasteiger partial charge < -0.3 is 20.5 Å². The van der Waals surface area contributed by atoms with Gasteiger partial charge in [0.25, 0.3) is 0 Å². The van der Waals surface area contributed by atoms with Gasteiger partial charge in [0, 0.05) is 32.5 Å². The number of carbonyl (C=O) groups is 3. The molecule has 2 aliphatic rings. The summed E-state index contributed by atoms with van der Waals surface area (Å²) in [6.45, 7) is 0.618. The van der Waals surface area contributed by atoms with Crippen molar-refractivity contribution in [3.63, 3.8) is 0 Å². The first kappa shape index (κ1) is 12.8. The summed E-state index contributed by atoms with van der Waals surface area (Å²) in [5.74, 6) is -1.65. The molecular weight excluding hydrogens is 240 g/mol. The number of aliphatic carboxylic acids is 1. The molecule has 0 spiro atoms. The minimum atomic E-state index is -1.26. The zero-order chi connectivity index (χ0) is 13.2. The third-order valence-electron chi connectivity index (χ3n) is 3.43. The van der Waals surface area contributed by atoms with Crippen LogP contribution in [-0.4, -0.2) is 47.7 Å². The summed E-state index contributed by atoms with van der Waals surface area (Å²) in [4.78, 5) is 34.3. The molecular formula is C11H16N2O5. The van der Waals surface area contributed by atoms with Crippen molar-refractivity contribution in [3.8, 4) is 0 Å². The van der Waals surface area contributed by atoms with Gasteiger partial charge in [0.15, 0.2) is 0 Å². The number of carboxylic acids is 1. The molecule has 2 aliphatic heterocycles. The Bertz CT molecular complexity index is 376. The van der Waals surface area contributed by atoms with Gasteiger partial charge in [0.1, 0.15) is 11.6 Å². The Morgan fingerprint density at radius 3 is 2.56 bits per heavy atom. The average Bonchev–Trinajstić information content (AvgIpc) is 2.77. The smallest absolute Gasteiger partial charge is 0.329 e. The van der Waals surface area contributed by atoms with E-state index in [0.717, 1.165) is 0 Å². The summed E-state index contributed by atoms with van der Waals surface area (Å²) in [5, 5.41) is 14.4. The van der Waals surface area contributed by atoms with Crippen LogP contribution in [0.15, 0.2) is 0 Å². The Morgan fingerprint density at radius 1 is 1.39 bits per heavy atom. The van der Waals surface area contributed by atoms with Crippen molar-refractivity contribution in [2.75, 3.05) is 13.2 Å². The number of hydrogen-bond acceptors (Lipinski definition) is 4. The van der Waals surface area contributed by atoms with Crippen LogP contribution in [0.1, 0.15) is 25.7 Å². The van der Waals surface area contributed by atoms with Gasteiger partial charge in [-0.2, -0.15) is 0 Å². The van der Waals surface area contributed by atoms with Crippen molar-refractivity contribution in [1.29, 1.82) is 0 Å². The Balaban J connectivity index is 2.02. The Kier molecular flexibility index (Phi) is 3.51. The van der Waals surface area contributed by atoms with Gasteiger partial charge in [-0.15, -0.1) is 0 Å². The highest BCUT2D eigenvalue weighted by Gasteiger charge is 2.43. The molecule has 100 valence electrons. The zero-order valence-corrected chi connectivity index (χ0v) is 9.90. The van der Waals surface area contributed by atoms with Crippen LogP contribution in [-0.2, 0) is 19.1 Å². The third kappa shape index (κ3) is 2.45. The second-order valence-electron chi connectivity index (χ2n) is 4.65. The molecule has 0 aliphatic carbocycles. The molecule has 0 bridgehead atoms. The van der Waals surface area contributed by atoms with E-state index >= 15 is 0 Å². The first-order valence-corrected chi connectivity index (χ1v) is 5.96. The van der Waals surface area contributed by atoms with E-state index in [1.54, 1.807) is 0 Å². The number of carboxylic acid groups (broad SMARTS) is 1. The van der Waals surface area contributed by atoms with E-state index < -0.39 is 23.5 Å². The highest BCUT2D eigenvalue weighted by molar-refractivity contribution is 5.94. The van der Waals surface area contributed by atoms with Gasteiger partial charge in [-0.1, -0.05) is 0 Å². The summed E-state index contributed by atoms with van der Waals surface area (Å²) < 4.78 is 5.11. The number of ether oxygens (including phenoxy) is 1. The fourth-order valence-corrected chi connectivity index (χ4v) is 2.25. The van der Waals surface area contributed by atoms with Gasteiger partial charge in [0.2, 0.25) is 11.8 Å². The number of rotatable bonds is 3. The van der Waals surface area contributed by atoms with Crippen molar-refractivity contribution >= 4 is 17.8 Å². The zero-order valence-electron chi connectivity index (χ0n) is 9.90. The molecule has 7 heteroatoms. The van der Waals surface area contributed by atoms with E-state index in [4.69, 9.17) is 4.74 Å². The van der Waals surface area contributed by atoms with E-state index in [9.17, 15) is 19.5 Å². The lowest BCUT2D eigenvalue weighted by molar-refractivity contribution is -0.152. The van der Waals surface area contributed by atoms with Crippen molar-refractivity contribution in [3.05, 3.63) is 0 Å². The van der Waals surface area contributed by atoms with E-state index in [1.165, 1.54) is 0 Å². The fourth-order valence-electron chi connectivity index (χ4n) is 2.25. The summed E-state index contributed by atoms with van der Waals surface area (Å²) in [6, 6.07) is -0.614. The molecule has 0 saturated carbocycles. The monoisotopic (exact) mass is 256 g/mol. The largest absolute Gasteiger partial charge is 0.480 e. The van der Waals surface area contributed by atoms with Crippen LogP contribution in [0.5, 0.6) is 0 Å². The SMILES string of the molecule is O=C1CC[C@@H](C(=O)NC2(C(=O)O)CCOCC2)N1. The topological polar surface area (TPSA) is 105 Å². The number of nitrogens with one attached hydrogen (secondary N) is 2. The van der Waals surface area contributed by atoms with Gasteiger partial charge >= 0.3 is 5.97 Å². The van der Waals surface area contributed by atoms with Crippen LogP contribution >= 0.6 is 0 Å². The normalized spacial score (nSPS) is 26.4. The van der Waals surface area contributed by atoms with E-state index in [1.807, 2.05) is 0 Å². The molecule has 1 atom stereocenters. The highest BCUT2D eigenvalue weighted by atomic mass is 16.5. The third-order valence-corrected chi connectivity index (χ3v) is 3.43. The minimum Gasteiger partial charge on any atom is -0.480 e. The predicted molar refractivity (Wildman–Crippen MR) is 59.7 cm³/mol. The molecule has 3 N–H and O–H groups in total. The molecule has 0 aromatic carbocycles. The molecule has 2 saturated heterocycles. The van der Waals surface area contributed by atoms with Gasteiger partial charge in [0.05, 0.1) is 0 Å². The standard InChI is InChI=1S/C11H16N2O5/c14-8-2-1-7(12-8)9(15)13-11(10(16)17)3-5-18-6-4-11/h7H,1-6H2,(H,12,14)(H,13,15)(H,16,17)/t7-/m0/s1. The molecule has 2 amide bonds. The molecule has 2 fully saturated rings. The van der Waals surface area contributed by atoms with Crippen LogP contribution in [0, 0.1) is 0 Å². The molecule has 0 aromatic rings. The van der Waals surface area contributed by atoms with Gasteiger partial charge in [-0.3, -0.25) is 9.59 Å². The van der Waals surface area contributed by atoms with Gasteiger partial charge in [-0.25, -0.2) is 4.79 Å². The summed E-state index contributed by atoms with van der Waals surface area (Å²) >= 11 is 0. The van der Waals surface area contributed by atoms with Crippen LogP contribution in [0.2, 0.25) is 0 Å². The predicted octanol–water partition coefficient (Wildman–Crippen LogP) is -0.985. The highest BCUT2D eigenvalue weighted by Crippen LogP contribution is 2.22. The lowest BCUT2D eigenvalue weighted by atomic mass is 9.89. The Labute approximate surface area is 104 Å². The molecule has 0 unspecified atom stereocenters. The van der Waals surface area contributed by atoms with Crippen molar-refractivity contribution in [2.24, 2.45) is 0 Å². The summed E-state index contributed by atoms with van der Waals surface area (Å²) in [6.07, 6.45) is 1.21. The lowest BCUT2D eigenvalue weighted by Gasteiger charge is -2.34. The second kappa shape index (κ2) is 4.93. The average molecular weight is 256 g/mol. The summed E-state index contributed by atoms with van der Waals surface area (Å²) in [7, 11) is 0. The quantitative estimate of drug-likeness (QED) is 0.601. The van der Waals surface area contributed by atoms with Crippen LogP contribution in [0.3, 0.4) is 0 Å². The number of amides is 2. The summed E-state index contributed by atoms with van der Waals surface area (Å²) in [5.41, 5.74) is -1.26. The van der Waals surface area contributed by atoms with E-state index in [2.05, 4.69) is 10.6 Å². The molecule has 0 aromatic heterocycles. The van der Waals surface area contributed by atoms with E-state index in [-0.39, 0.29) is 18.7 Å². The Hall–Kier alpha value is -1.63. The maximum Gasteiger partial charge on any atom is 0.329 e. The van der Waals surface area contributed by atoms with Crippen molar-refractivity contribution in [1.82, 2.24) is 10.6 Å². The molecule has 2 rings (SSSR count). The molecule has 0 radical (unpaired) electrons. The molecule has 7 nitrogen and oxygen atoms in total. The van der Waals surface area contributed by atoms with Crippen molar-refractivity contribution < 1.29 is 24.2 Å². The van der Waals surface area contributed by atoms with Gasteiger partial charge in [-0.05, 0) is 6.42 Å². The maximum absolute atomic E-state index is 11.9. The van der Waals surface area contributed by atoms with E-state index in [0.29, 0.717) is 26.1 Å².